The Balaban J connectivity index is 2.11. The number of nitrogens with zero attached hydrogens (tertiary/aromatic N) is 3. The van der Waals surface area contributed by atoms with Crippen molar-refractivity contribution >= 4 is 11.6 Å². The minimum absolute atomic E-state index is 0.694. The van der Waals surface area contributed by atoms with E-state index in [1.165, 1.54) is 6.42 Å². The molecule has 0 amide bonds. The van der Waals surface area contributed by atoms with Crippen molar-refractivity contribution in [3.63, 3.8) is 0 Å². The predicted molar refractivity (Wildman–Crippen MR) is 74.4 cm³/mol. The third kappa shape index (κ3) is 3.10. The van der Waals surface area contributed by atoms with Crippen LogP contribution in [0.4, 0.5) is 11.6 Å². The fraction of sp³-hybridized carbons (Fsp3) is 0.692. The Bertz CT molecular complexity index is 406. The van der Waals surface area contributed by atoms with E-state index < -0.39 is 0 Å². The summed E-state index contributed by atoms with van der Waals surface area (Å²) < 4.78 is 0. The highest BCUT2D eigenvalue weighted by molar-refractivity contribution is 5.48. The lowest BCUT2D eigenvalue weighted by molar-refractivity contribution is 0.714. The highest BCUT2D eigenvalue weighted by atomic mass is 15.3. The molecule has 0 aliphatic heterocycles. The lowest BCUT2D eigenvalue weighted by Crippen LogP contribution is -2.23. The molecule has 0 radical (unpaired) electrons. The molecule has 2 unspecified atom stereocenters. The molecule has 1 aliphatic carbocycles. The Morgan fingerprint density at radius 1 is 1.50 bits per heavy atom. The molecule has 100 valence electrons. The summed E-state index contributed by atoms with van der Waals surface area (Å²) >= 11 is 0. The number of hydrogen-bond donors (Lipinski definition) is 2. The quantitative estimate of drug-likeness (QED) is 0.594. The van der Waals surface area contributed by atoms with Crippen molar-refractivity contribution < 1.29 is 0 Å². The van der Waals surface area contributed by atoms with Crippen LogP contribution in [0.2, 0.25) is 0 Å². The van der Waals surface area contributed by atoms with Gasteiger partial charge in [0.05, 0.1) is 0 Å². The van der Waals surface area contributed by atoms with Crippen LogP contribution in [0.1, 0.15) is 32.5 Å². The van der Waals surface area contributed by atoms with Crippen LogP contribution in [0.3, 0.4) is 0 Å². The van der Waals surface area contributed by atoms with Crippen molar-refractivity contribution in [3.05, 3.63) is 11.9 Å². The highest BCUT2D eigenvalue weighted by Gasteiger charge is 2.33. The average molecular weight is 249 g/mol. The van der Waals surface area contributed by atoms with Gasteiger partial charge in [-0.25, -0.2) is 15.8 Å². The van der Waals surface area contributed by atoms with Gasteiger partial charge in [0.1, 0.15) is 17.5 Å². The Morgan fingerprint density at radius 3 is 2.78 bits per heavy atom. The minimum Gasteiger partial charge on any atom is -0.359 e. The topological polar surface area (TPSA) is 67.1 Å². The molecule has 1 aromatic rings. The maximum absolute atomic E-state index is 5.46. The van der Waals surface area contributed by atoms with E-state index >= 15 is 0 Å². The maximum atomic E-state index is 5.46. The van der Waals surface area contributed by atoms with Gasteiger partial charge in [-0.3, -0.25) is 0 Å². The Labute approximate surface area is 109 Å². The van der Waals surface area contributed by atoms with Crippen molar-refractivity contribution in [1.29, 1.82) is 0 Å². The van der Waals surface area contributed by atoms with Crippen LogP contribution in [-0.2, 0) is 6.42 Å². The first-order chi connectivity index (χ1) is 8.63. The van der Waals surface area contributed by atoms with Gasteiger partial charge >= 0.3 is 0 Å². The molecular weight excluding hydrogens is 226 g/mol. The molecule has 0 bridgehead atoms. The molecule has 2 rings (SSSR count). The van der Waals surface area contributed by atoms with E-state index in [0.717, 1.165) is 42.9 Å². The molecule has 1 aliphatic rings. The van der Waals surface area contributed by atoms with Crippen LogP contribution in [0, 0.1) is 11.8 Å². The monoisotopic (exact) mass is 249 g/mol. The van der Waals surface area contributed by atoms with E-state index in [9.17, 15) is 0 Å². The smallest absolute Gasteiger partial charge is 0.145 e. The number of anilines is 2. The molecule has 2 atom stereocenters. The first kappa shape index (κ1) is 13.1. The SMILES string of the molecule is CCCc1nc(NN)cc(N(C)CC2CC2C)n1. The van der Waals surface area contributed by atoms with Crippen molar-refractivity contribution in [1.82, 2.24) is 9.97 Å². The van der Waals surface area contributed by atoms with Gasteiger partial charge in [0.2, 0.25) is 0 Å². The summed E-state index contributed by atoms with van der Waals surface area (Å²) in [6, 6.07) is 1.91. The molecule has 0 aromatic carbocycles. The largest absolute Gasteiger partial charge is 0.359 e. The van der Waals surface area contributed by atoms with E-state index in [-0.39, 0.29) is 0 Å². The van der Waals surface area contributed by atoms with Gasteiger partial charge in [-0.1, -0.05) is 13.8 Å². The summed E-state index contributed by atoms with van der Waals surface area (Å²) in [6.07, 6.45) is 3.26. The van der Waals surface area contributed by atoms with Crippen LogP contribution in [0.15, 0.2) is 6.07 Å². The van der Waals surface area contributed by atoms with Gasteiger partial charge in [-0.15, -0.1) is 0 Å². The molecule has 1 saturated carbocycles. The summed E-state index contributed by atoms with van der Waals surface area (Å²) in [5, 5.41) is 0. The molecule has 5 heteroatoms. The van der Waals surface area contributed by atoms with Gasteiger partial charge in [0, 0.05) is 26.1 Å². The molecule has 1 heterocycles. The number of nitrogen functional groups attached to an aromatic ring is 1. The third-order valence-electron chi connectivity index (χ3n) is 3.56. The number of aromatic nitrogens is 2. The zero-order valence-electron chi connectivity index (χ0n) is 11.5. The second-order valence-electron chi connectivity index (χ2n) is 5.28. The number of hydrogen-bond acceptors (Lipinski definition) is 5. The van der Waals surface area contributed by atoms with E-state index in [1.807, 2.05) is 6.07 Å². The second kappa shape index (κ2) is 5.52. The first-order valence-electron chi connectivity index (χ1n) is 6.69. The fourth-order valence-electron chi connectivity index (χ4n) is 2.19. The predicted octanol–water partition coefficient (Wildman–Crippen LogP) is 1.81. The molecule has 3 N–H and O–H groups in total. The molecule has 1 fully saturated rings. The highest BCUT2D eigenvalue weighted by Crippen LogP contribution is 2.38. The summed E-state index contributed by atoms with van der Waals surface area (Å²) in [5.41, 5.74) is 2.62. The molecule has 5 nitrogen and oxygen atoms in total. The van der Waals surface area contributed by atoms with Gasteiger partial charge in [-0.2, -0.15) is 0 Å². The van der Waals surface area contributed by atoms with Gasteiger partial charge < -0.3 is 10.3 Å². The van der Waals surface area contributed by atoms with Crippen LogP contribution < -0.4 is 16.2 Å². The normalized spacial score (nSPS) is 21.8. The summed E-state index contributed by atoms with van der Waals surface area (Å²) in [7, 11) is 2.09. The van der Waals surface area contributed by atoms with Crippen LogP contribution >= 0.6 is 0 Å². The third-order valence-corrected chi connectivity index (χ3v) is 3.56. The lowest BCUT2D eigenvalue weighted by atomic mass is 10.3. The zero-order valence-corrected chi connectivity index (χ0v) is 11.5. The van der Waals surface area contributed by atoms with E-state index in [0.29, 0.717) is 5.82 Å². The molecule has 0 spiro atoms. The van der Waals surface area contributed by atoms with Crippen molar-refractivity contribution in [3.8, 4) is 0 Å². The lowest BCUT2D eigenvalue weighted by Gasteiger charge is -2.19. The summed E-state index contributed by atoms with van der Waals surface area (Å²) in [6.45, 7) is 5.49. The second-order valence-corrected chi connectivity index (χ2v) is 5.28. The van der Waals surface area contributed by atoms with Crippen molar-refractivity contribution in [2.45, 2.75) is 33.1 Å². The summed E-state index contributed by atoms with van der Waals surface area (Å²) in [5.74, 6) is 9.64. The van der Waals surface area contributed by atoms with E-state index in [2.05, 4.69) is 41.2 Å². The van der Waals surface area contributed by atoms with Crippen molar-refractivity contribution in [2.75, 3.05) is 23.9 Å². The van der Waals surface area contributed by atoms with Crippen LogP contribution in [0.5, 0.6) is 0 Å². The molecule has 0 saturated heterocycles. The van der Waals surface area contributed by atoms with Gasteiger partial charge in [0.15, 0.2) is 0 Å². The standard InChI is InChI=1S/C13H23N5/c1-4-5-11-15-12(17-14)7-13(16-11)18(3)8-10-6-9(10)2/h7,9-10H,4-6,8,14H2,1-3H3,(H,15,16,17). The minimum atomic E-state index is 0.694. The maximum Gasteiger partial charge on any atom is 0.145 e. The number of nitrogens with one attached hydrogen (secondary N) is 1. The van der Waals surface area contributed by atoms with E-state index in [1.54, 1.807) is 0 Å². The average Bonchev–Trinajstić information content (AvgIpc) is 3.04. The molecule has 1 aromatic heterocycles. The number of aryl methyl sites for hydroxylation is 1. The van der Waals surface area contributed by atoms with Crippen molar-refractivity contribution in [2.24, 2.45) is 17.7 Å². The fourth-order valence-corrected chi connectivity index (χ4v) is 2.19. The summed E-state index contributed by atoms with van der Waals surface area (Å²) in [4.78, 5) is 11.2. The van der Waals surface area contributed by atoms with Gasteiger partial charge in [0.25, 0.3) is 0 Å². The Morgan fingerprint density at radius 2 is 2.22 bits per heavy atom. The molecule has 18 heavy (non-hydrogen) atoms. The zero-order chi connectivity index (χ0) is 13.1. The number of rotatable bonds is 6. The molecular formula is C13H23N5. The Kier molecular flexibility index (Phi) is 4.01. The first-order valence-corrected chi connectivity index (χ1v) is 6.69. The number of nitrogens with two attached hydrogens (primary N) is 1. The number of hydrazine groups is 1. The Hall–Kier alpha value is -1.36. The van der Waals surface area contributed by atoms with Crippen LogP contribution in [0.25, 0.3) is 0 Å². The van der Waals surface area contributed by atoms with E-state index in [4.69, 9.17) is 5.84 Å². The van der Waals surface area contributed by atoms with Gasteiger partial charge in [-0.05, 0) is 24.7 Å². The van der Waals surface area contributed by atoms with Crippen LogP contribution in [-0.4, -0.2) is 23.6 Å².